The normalized spacial score (nSPS) is 25.0. The molecule has 1 amide bonds. The van der Waals surface area contributed by atoms with Crippen molar-refractivity contribution in [2.75, 3.05) is 7.11 Å². The average Bonchev–Trinajstić information content (AvgIpc) is 2.28. The number of nitrogens with one attached hydrogen (secondary N) is 2. The van der Waals surface area contributed by atoms with E-state index in [-0.39, 0.29) is 17.4 Å². The van der Waals surface area contributed by atoms with Crippen molar-refractivity contribution in [2.24, 2.45) is 0 Å². The predicted octanol–water partition coefficient (Wildman–Crippen LogP) is 1.06. The first-order valence-electron chi connectivity index (χ1n) is 5.06. The van der Waals surface area contributed by atoms with Crippen LogP contribution in [0.15, 0.2) is 24.3 Å². The molecule has 4 nitrogen and oxygen atoms in total. The minimum atomic E-state index is -0.284. The van der Waals surface area contributed by atoms with Gasteiger partial charge in [-0.25, -0.2) is 0 Å². The van der Waals surface area contributed by atoms with Crippen LogP contribution in [0.25, 0.3) is 0 Å². The van der Waals surface area contributed by atoms with Gasteiger partial charge >= 0.3 is 0 Å². The molecule has 0 saturated carbocycles. The number of methoxy groups -OCH3 is 1. The summed E-state index contributed by atoms with van der Waals surface area (Å²) in [6, 6.07) is 7.70. The molecule has 1 fully saturated rings. The Morgan fingerprint density at radius 1 is 1.38 bits per heavy atom. The fraction of sp³-hybridized carbons (Fsp3) is 0.364. The van der Waals surface area contributed by atoms with Crippen molar-refractivity contribution >= 4 is 18.5 Å². The van der Waals surface area contributed by atoms with Crippen molar-refractivity contribution in [3.63, 3.8) is 0 Å². The zero-order valence-corrected chi connectivity index (χ0v) is 9.83. The third kappa shape index (κ3) is 2.48. The Bertz CT molecular complexity index is 380. The van der Waals surface area contributed by atoms with Crippen molar-refractivity contribution in [3.8, 4) is 5.75 Å². The largest absolute Gasteiger partial charge is 0.497 e. The van der Waals surface area contributed by atoms with E-state index in [0.717, 1.165) is 11.3 Å². The lowest BCUT2D eigenvalue weighted by Gasteiger charge is -2.29. The van der Waals surface area contributed by atoms with Crippen LogP contribution in [0.4, 0.5) is 0 Å². The van der Waals surface area contributed by atoms with E-state index < -0.39 is 0 Å². The fourth-order valence-electron chi connectivity index (χ4n) is 1.74. The van der Waals surface area contributed by atoms with Crippen LogP contribution in [-0.4, -0.2) is 18.5 Å². The van der Waals surface area contributed by atoms with Gasteiger partial charge in [0.25, 0.3) is 0 Å². The Morgan fingerprint density at radius 3 is 2.62 bits per heavy atom. The molecule has 1 aliphatic heterocycles. The topological polar surface area (TPSA) is 50.4 Å². The zero-order chi connectivity index (χ0) is 11.5. The summed E-state index contributed by atoms with van der Waals surface area (Å²) < 4.78 is 5.08. The van der Waals surface area contributed by atoms with Gasteiger partial charge in [0, 0.05) is 12.5 Å². The second-order valence-corrected chi connectivity index (χ2v) is 4.18. The van der Waals surface area contributed by atoms with Crippen LogP contribution >= 0.6 is 12.6 Å². The number of rotatable bonds is 2. The van der Waals surface area contributed by atoms with Gasteiger partial charge < -0.3 is 10.1 Å². The van der Waals surface area contributed by atoms with Crippen LogP contribution in [0, 0.1) is 0 Å². The third-order valence-corrected chi connectivity index (χ3v) is 2.84. The molecule has 0 aliphatic carbocycles. The molecule has 1 heterocycles. The lowest BCUT2D eigenvalue weighted by atomic mass is 10.0. The van der Waals surface area contributed by atoms with E-state index in [0.29, 0.717) is 6.42 Å². The molecule has 2 rings (SSSR count). The summed E-state index contributed by atoms with van der Waals surface area (Å²) in [4.78, 5) is 11.4. The minimum absolute atomic E-state index is 0.0135. The molecule has 0 radical (unpaired) electrons. The monoisotopic (exact) mass is 238 g/mol. The van der Waals surface area contributed by atoms with Gasteiger partial charge in [-0.05, 0) is 17.7 Å². The van der Waals surface area contributed by atoms with Gasteiger partial charge in [-0.15, -0.1) is 12.6 Å². The SMILES string of the molecule is COc1ccc(C2CC(=O)NC(S)N2)cc1. The maximum atomic E-state index is 11.4. The maximum absolute atomic E-state index is 11.4. The number of benzene rings is 1. The first kappa shape index (κ1) is 11.3. The average molecular weight is 238 g/mol. The molecule has 2 N–H and O–H groups in total. The smallest absolute Gasteiger partial charge is 0.223 e. The highest BCUT2D eigenvalue weighted by molar-refractivity contribution is 7.80. The number of carbonyl (C=O) groups is 1. The number of hydrogen-bond donors (Lipinski definition) is 3. The summed E-state index contributed by atoms with van der Waals surface area (Å²) in [6.45, 7) is 0. The Hall–Kier alpha value is -1.20. The van der Waals surface area contributed by atoms with Crippen LogP contribution in [0.1, 0.15) is 18.0 Å². The molecule has 0 aromatic heterocycles. The lowest BCUT2D eigenvalue weighted by molar-refractivity contribution is -0.123. The molecule has 1 aromatic rings. The lowest BCUT2D eigenvalue weighted by Crippen LogP contribution is -2.49. The number of hydrogen-bond acceptors (Lipinski definition) is 4. The first-order valence-corrected chi connectivity index (χ1v) is 5.58. The molecular weight excluding hydrogens is 224 g/mol. The van der Waals surface area contributed by atoms with Crippen LogP contribution < -0.4 is 15.4 Å². The Kier molecular flexibility index (Phi) is 3.36. The molecule has 1 saturated heterocycles. The molecule has 5 heteroatoms. The number of ether oxygens (including phenoxy) is 1. The molecule has 16 heavy (non-hydrogen) atoms. The van der Waals surface area contributed by atoms with Gasteiger partial charge in [0.15, 0.2) is 0 Å². The van der Waals surface area contributed by atoms with Crippen LogP contribution in [0.3, 0.4) is 0 Å². The van der Waals surface area contributed by atoms with Gasteiger partial charge in [0.05, 0.1) is 7.11 Å². The molecule has 0 bridgehead atoms. The van der Waals surface area contributed by atoms with Crippen molar-refractivity contribution in [1.29, 1.82) is 0 Å². The molecule has 1 aromatic carbocycles. The summed E-state index contributed by atoms with van der Waals surface area (Å²) in [6.07, 6.45) is 0.434. The molecule has 1 aliphatic rings. The van der Waals surface area contributed by atoms with E-state index in [1.807, 2.05) is 24.3 Å². The number of carbonyl (C=O) groups excluding carboxylic acids is 1. The van der Waals surface area contributed by atoms with Gasteiger partial charge in [0.1, 0.15) is 11.2 Å². The molecule has 2 atom stereocenters. The highest BCUT2D eigenvalue weighted by Gasteiger charge is 2.24. The highest BCUT2D eigenvalue weighted by atomic mass is 32.1. The van der Waals surface area contributed by atoms with E-state index in [9.17, 15) is 4.79 Å². The van der Waals surface area contributed by atoms with Crippen LogP contribution in [-0.2, 0) is 4.79 Å². The van der Waals surface area contributed by atoms with Crippen molar-refractivity contribution in [2.45, 2.75) is 18.0 Å². The summed E-state index contributed by atoms with van der Waals surface area (Å²) in [7, 11) is 1.63. The van der Waals surface area contributed by atoms with E-state index in [1.165, 1.54) is 0 Å². The van der Waals surface area contributed by atoms with Crippen molar-refractivity contribution in [1.82, 2.24) is 10.6 Å². The molecular formula is C11H14N2O2S. The minimum Gasteiger partial charge on any atom is -0.497 e. The van der Waals surface area contributed by atoms with E-state index in [2.05, 4.69) is 23.3 Å². The van der Waals surface area contributed by atoms with Gasteiger partial charge in [-0.3, -0.25) is 10.1 Å². The third-order valence-electron chi connectivity index (χ3n) is 2.56. The van der Waals surface area contributed by atoms with E-state index >= 15 is 0 Å². The number of amides is 1. The molecule has 0 spiro atoms. The summed E-state index contributed by atoms with van der Waals surface area (Å²) in [5, 5.41) is 5.88. The first-order chi connectivity index (χ1) is 7.69. The van der Waals surface area contributed by atoms with Gasteiger partial charge in [-0.2, -0.15) is 0 Å². The molecule has 2 unspecified atom stereocenters. The summed E-state index contributed by atoms with van der Waals surface area (Å²) >= 11 is 4.20. The second-order valence-electron chi connectivity index (χ2n) is 3.67. The Morgan fingerprint density at radius 2 is 2.06 bits per heavy atom. The Labute approximate surface area is 99.8 Å². The highest BCUT2D eigenvalue weighted by Crippen LogP contribution is 2.22. The maximum Gasteiger partial charge on any atom is 0.223 e. The number of thiol groups is 1. The van der Waals surface area contributed by atoms with Crippen molar-refractivity contribution < 1.29 is 9.53 Å². The van der Waals surface area contributed by atoms with E-state index in [4.69, 9.17) is 4.74 Å². The summed E-state index contributed by atoms with van der Waals surface area (Å²) in [5.74, 6) is 0.825. The van der Waals surface area contributed by atoms with Gasteiger partial charge in [0.2, 0.25) is 5.91 Å². The zero-order valence-electron chi connectivity index (χ0n) is 8.93. The second kappa shape index (κ2) is 4.76. The molecule has 86 valence electrons. The van der Waals surface area contributed by atoms with E-state index in [1.54, 1.807) is 7.11 Å². The summed E-state index contributed by atoms with van der Waals surface area (Å²) in [5.41, 5.74) is 0.781. The standard InChI is InChI=1S/C11H14N2O2S/c1-15-8-4-2-7(3-5-8)9-6-10(14)13-11(16)12-9/h2-5,9,11-12,16H,6H2,1H3,(H,13,14). The van der Waals surface area contributed by atoms with Crippen molar-refractivity contribution in [3.05, 3.63) is 29.8 Å². The predicted molar refractivity (Wildman–Crippen MR) is 64.4 cm³/mol. The van der Waals surface area contributed by atoms with Crippen LogP contribution in [0.2, 0.25) is 0 Å². The Balaban J connectivity index is 2.13. The van der Waals surface area contributed by atoms with Crippen LogP contribution in [0.5, 0.6) is 5.75 Å². The van der Waals surface area contributed by atoms with Gasteiger partial charge in [-0.1, -0.05) is 12.1 Å². The fourth-order valence-corrected chi connectivity index (χ4v) is 2.06. The quantitative estimate of drug-likeness (QED) is 0.675.